The van der Waals surface area contributed by atoms with Gasteiger partial charge < -0.3 is 9.84 Å². The zero-order chi connectivity index (χ0) is 9.76. The first-order chi connectivity index (χ1) is 6.78. The molecule has 0 radical (unpaired) electrons. The van der Waals surface area contributed by atoms with Crippen LogP contribution in [0.25, 0.3) is 0 Å². The number of thiophene rings is 1. The van der Waals surface area contributed by atoms with Crippen LogP contribution >= 0.6 is 11.3 Å². The van der Waals surface area contributed by atoms with Crippen molar-refractivity contribution in [1.82, 2.24) is 0 Å². The molecule has 2 aliphatic rings. The van der Waals surface area contributed by atoms with E-state index in [0.29, 0.717) is 11.8 Å². The zero-order valence-corrected chi connectivity index (χ0v) is 9.01. The minimum absolute atomic E-state index is 0.509. The number of aliphatic hydroxyl groups is 1. The molecule has 2 unspecified atom stereocenters. The number of fused-ring (bicyclic) bond motifs is 1. The summed E-state index contributed by atoms with van der Waals surface area (Å²) in [4.78, 5) is 1.05. The van der Waals surface area contributed by atoms with E-state index < -0.39 is 5.60 Å². The van der Waals surface area contributed by atoms with E-state index in [1.807, 2.05) is 11.4 Å². The van der Waals surface area contributed by atoms with E-state index in [9.17, 15) is 5.11 Å². The van der Waals surface area contributed by atoms with Crippen LogP contribution in [0.15, 0.2) is 11.4 Å². The van der Waals surface area contributed by atoms with Crippen LogP contribution in [-0.2, 0) is 5.60 Å². The molecule has 0 bridgehead atoms. The molecule has 0 spiro atoms. The van der Waals surface area contributed by atoms with E-state index in [1.165, 1.54) is 19.3 Å². The molecule has 0 amide bonds. The molecule has 0 aliphatic heterocycles. The highest BCUT2D eigenvalue weighted by Gasteiger charge is 2.67. The van der Waals surface area contributed by atoms with E-state index in [1.54, 1.807) is 18.4 Å². The van der Waals surface area contributed by atoms with Gasteiger partial charge >= 0.3 is 0 Å². The molecule has 0 aromatic carbocycles. The Morgan fingerprint density at radius 1 is 1.50 bits per heavy atom. The summed E-state index contributed by atoms with van der Waals surface area (Å²) in [6.45, 7) is 0. The molecule has 2 saturated carbocycles. The van der Waals surface area contributed by atoms with Crippen molar-refractivity contribution in [2.24, 2.45) is 11.8 Å². The van der Waals surface area contributed by atoms with Crippen molar-refractivity contribution in [3.63, 3.8) is 0 Å². The summed E-state index contributed by atoms with van der Waals surface area (Å²) < 4.78 is 5.27. The van der Waals surface area contributed by atoms with Crippen molar-refractivity contribution < 1.29 is 9.84 Å². The van der Waals surface area contributed by atoms with Gasteiger partial charge in [0, 0.05) is 0 Å². The number of hydrogen-bond donors (Lipinski definition) is 1. The number of ether oxygens (including phenoxy) is 1. The lowest BCUT2D eigenvalue weighted by atomic mass is 10.1. The van der Waals surface area contributed by atoms with Gasteiger partial charge in [-0.25, -0.2) is 0 Å². The van der Waals surface area contributed by atoms with Gasteiger partial charge in [-0.1, -0.05) is 6.42 Å². The van der Waals surface area contributed by atoms with Gasteiger partial charge in [-0.2, -0.15) is 0 Å². The lowest BCUT2D eigenvalue weighted by Crippen LogP contribution is -2.12. The van der Waals surface area contributed by atoms with Crippen molar-refractivity contribution in [1.29, 1.82) is 0 Å². The fraction of sp³-hybridized carbons (Fsp3) is 0.636. The SMILES string of the molecule is COc1ccsc1C1(O)C2CCCC21. The Morgan fingerprint density at radius 3 is 2.86 bits per heavy atom. The first-order valence-electron chi connectivity index (χ1n) is 5.12. The highest BCUT2D eigenvalue weighted by Crippen LogP contribution is 2.68. The summed E-state index contributed by atoms with van der Waals surface area (Å²) >= 11 is 1.63. The summed E-state index contributed by atoms with van der Waals surface area (Å²) in [6, 6.07) is 1.95. The highest BCUT2D eigenvalue weighted by molar-refractivity contribution is 7.10. The number of methoxy groups -OCH3 is 1. The molecule has 2 nitrogen and oxygen atoms in total. The molecule has 76 valence electrons. The van der Waals surface area contributed by atoms with Crippen molar-refractivity contribution in [2.45, 2.75) is 24.9 Å². The maximum Gasteiger partial charge on any atom is 0.135 e. The number of rotatable bonds is 2. The lowest BCUT2D eigenvalue weighted by molar-refractivity contribution is 0.106. The van der Waals surface area contributed by atoms with Crippen LogP contribution in [0.4, 0.5) is 0 Å². The maximum absolute atomic E-state index is 10.5. The second kappa shape index (κ2) is 2.74. The van der Waals surface area contributed by atoms with Crippen LogP contribution in [0.3, 0.4) is 0 Å². The molecule has 1 aromatic heterocycles. The maximum atomic E-state index is 10.5. The van der Waals surface area contributed by atoms with Gasteiger partial charge in [0.2, 0.25) is 0 Å². The van der Waals surface area contributed by atoms with Gasteiger partial charge in [0.25, 0.3) is 0 Å². The minimum atomic E-state index is -0.530. The Labute approximate surface area is 87.5 Å². The molecule has 2 atom stereocenters. The molecule has 3 rings (SSSR count). The Kier molecular flexibility index (Phi) is 1.71. The first kappa shape index (κ1) is 8.74. The Morgan fingerprint density at radius 2 is 2.21 bits per heavy atom. The fourth-order valence-electron chi connectivity index (χ4n) is 3.01. The lowest BCUT2D eigenvalue weighted by Gasteiger charge is -2.13. The summed E-state index contributed by atoms with van der Waals surface area (Å²) in [6.07, 6.45) is 3.65. The van der Waals surface area contributed by atoms with Crippen LogP contribution in [0.5, 0.6) is 5.75 Å². The van der Waals surface area contributed by atoms with Crippen molar-refractivity contribution in [3.8, 4) is 5.75 Å². The van der Waals surface area contributed by atoms with Gasteiger partial charge in [0.1, 0.15) is 11.4 Å². The zero-order valence-electron chi connectivity index (χ0n) is 8.19. The van der Waals surface area contributed by atoms with Gasteiger partial charge in [-0.3, -0.25) is 0 Å². The third-order valence-corrected chi connectivity index (χ3v) is 4.79. The Hall–Kier alpha value is -0.540. The second-order valence-corrected chi connectivity index (χ2v) is 5.20. The third kappa shape index (κ3) is 0.894. The summed E-state index contributed by atoms with van der Waals surface area (Å²) in [7, 11) is 1.67. The van der Waals surface area contributed by atoms with Crippen LogP contribution in [0.1, 0.15) is 24.1 Å². The number of hydrogen-bond acceptors (Lipinski definition) is 3. The molecule has 1 N–H and O–H groups in total. The van der Waals surface area contributed by atoms with Crippen molar-refractivity contribution in [3.05, 3.63) is 16.3 Å². The van der Waals surface area contributed by atoms with Crippen molar-refractivity contribution in [2.75, 3.05) is 7.11 Å². The Bertz CT molecular complexity index is 348. The molecular weight excluding hydrogens is 196 g/mol. The Balaban J connectivity index is 1.96. The summed E-state index contributed by atoms with van der Waals surface area (Å²) in [5.74, 6) is 1.89. The predicted molar refractivity (Wildman–Crippen MR) is 55.6 cm³/mol. The second-order valence-electron chi connectivity index (χ2n) is 4.29. The molecule has 0 saturated heterocycles. The molecular formula is C11H14O2S. The summed E-state index contributed by atoms with van der Waals surface area (Å²) in [5, 5.41) is 12.5. The van der Waals surface area contributed by atoms with E-state index in [-0.39, 0.29) is 0 Å². The highest BCUT2D eigenvalue weighted by atomic mass is 32.1. The van der Waals surface area contributed by atoms with Crippen molar-refractivity contribution >= 4 is 11.3 Å². The van der Waals surface area contributed by atoms with Crippen LogP contribution in [0.2, 0.25) is 0 Å². The first-order valence-corrected chi connectivity index (χ1v) is 6.00. The monoisotopic (exact) mass is 210 g/mol. The third-order valence-electron chi connectivity index (χ3n) is 3.75. The summed E-state index contributed by atoms with van der Waals surface area (Å²) in [5.41, 5.74) is -0.530. The average molecular weight is 210 g/mol. The normalized spacial score (nSPS) is 39.6. The van der Waals surface area contributed by atoms with Gasteiger partial charge in [0.05, 0.1) is 12.0 Å². The van der Waals surface area contributed by atoms with Gasteiger partial charge in [0.15, 0.2) is 0 Å². The van der Waals surface area contributed by atoms with Crippen LogP contribution in [-0.4, -0.2) is 12.2 Å². The average Bonchev–Trinajstić information content (AvgIpc) is 2.77. The van der Waals surface area contributed by atoms with Crippen LogP contribution in [0, 0.1) is 11.8 Å². The predicted octanol–water partition coefficient (Wildman–Crippen LogP) is 2.37. The van der Waals surface area contributed by atoms with E-state index in [2.05, 4.69) is 0 Å². The van der Waals surface area contributed by atoms with E-state index in [0.717, 1.165) is 10.6 Å². The van der Waals surface area contributed by atoms with E-state index >= 15 is 0 Å². The largest absolute Gasteiger partial charge is 0.495 e. The van der Waals surface area contributed by atoms with E-state index in [4.69, 9.17) is 4.74 Å². The van der Waals surface area contributed by atoms with Gasteiger partial charge in [-0.05, 0) is 36.1 Å². The standard InChI is InChI=1S/C11H14O2S/c1-13-9-5-6-14-10(9)11(12)7-3-2-4-8(7)11/h5-8,12H,2-4H2,1H3. The smallest absolute Gasteiger partial charge is 0.135 e. The minimum Gasteiger partial charge on any atom is -0.495 e. The molecule has 2 aliphatic carbocycles. The molecule has 3 heteroatoms. The van der Waals surface area contributed by atoms with Crippen LogP contribution < -0.4 is 4.74 Å². The molecule has 14 heavy (non-hydrogen) atoms. The molecule has 2 fully saturated rings. The topological polar surface area (TPSA) is 29.5 Å². The molecule has 1 heterocycles. The van der Waals surface area contributed by atoms with Gasteiger partial charge in [-0.15, -0.1) is 11.3 Å². The molecule has 1 aromatic rings. The quantitative estimate of drug-likeness (QED) is 0.812. The fourth-order valence-corrected chi connectivity index (χ4v) is 4.10.